The van der Waals surface area contributed by atoms with Crippen LogP contribution in [-0.4, -0.2) is 50.5 Å². The number of aromatic amines is 1. The summed E-state index contributed by atoms with van der Waals surface area (Å²) in [5, 5.41) is 0. The van der Waals surface area contributed by atoms with Crippen molar-refractivity contribution in [2.45, 2.75) is 0 Å². The first kappa shape index (κ1) is 13.5. The molecular weight excluding hydrogens is 224 g/mol. The maximum Gasteiger partial charge on any atom is 0.276 e. The maximum atomic E-state index is 11.4. The summed E-state index contributed by atoms with van der Waals surface area (Å²) in [6.07, 6.45) is 1.33. The average molecular weight is 242 g/mol. The van der Waals surface area contributed by atoms with Crippen LogP contribution in [-0.2, 0) is 9.47 Å². The number of nitrogens with two attached hydrogens (primary N) is 1. The first-order valence-corrected chi connectivity index (χ1v) is 5.26. The van der Waals surface area contributed by atoms with Gasteiger partial charge in [-0.3, -0.25) is 4.79 Å². The molecule has 7 nitrogen and oxygen atoms in total. The van der Waals surface area contributed by atoms with E-state index in [0.29, 0.717) is 32.1 Å². The number of hydrogen-bond donors (Lipinski definition) is 2. The Labute approximate surface area is 99.5 Å². The molecule has 1 rings (SSSR count). The maximum absolute atomic E-state index is 11.4. The third-order valence-electron chi connectivity index (χ3n) is 2.30. The van der Waals surface area contributed by atoms with Gasteiger partial charge < -0.3 is 25.1 Å². The number of methoxy groups -OCH3 is 2. The van der Waals surface area contributed by atoms with Gasteiger partial charge in [-0.1, -0.05) is 0 Å². The first-order chi connectivity index (χ1) is 8.20. The van der Waals surface area contributed by atoms with Crippen LogP contribution in [0.3, 0.4) is 0 Å². The van der Waals surface area contributed by atoms with Gasteiger partial charge in [0.15, 0.2) is 5.82 Å². The van der Waals surface area contributed by atoms with Crippen molar-refractivity contribution in [3.05, 3.63) is 16.7 Å². The van der Waals surface area contributed by atoms with E-state index in [1.165, 1.54) is 6.33 Å². The minimum atomic E-state index is -0.338. The summed E-state index contributed by atoms with van der Waals surface area (Å²) >= 11 is 0. The molecule has 0 saturated carbocycles. The zero-order chi connectivity index (χ0) is 12.7. The number of nitrogens with zero attached hydrogens (tertiary/aromatic N) is 2. The van der Waals surface area contributed by atoms with Crippen molar-refractivity contribution < 1.29 is 9.47 Å². The number of nitrogen functional groups attached to an aromatic ring is 1. The zero-order valence-corrected chi connectivity index (χ0v) is 10.1. The summed E-state index contributed by atoms with van der Waals surface area (Å²) in [7, 11) is 3.23. The van der Waals surface area contributed by atoms with Crippen molar-refractivity contribution in [2.75, 3.05) is 51.2 Å². The van der Waals surface area contributed by atoms with E-state index < -0.39 is 0 Å². The highest BCUT2D eigenvalue weighted by Gasteiger charge is 2.13. The Bertz CT molecular complexity index is 385. The summed E-state index contributed by atoms with van der Waals surface area (Å²) in [6, 6.07) is 0. The molecule has 0 unspecified atom stereocenters. The number of ether oxygens (including phenoxy) is 2. The molecular formula is C10H18N4O3. The quantitative estimate of drug-likeness (QED) is 0.666. The van der Waals surface area contributed by atoms with E-state index in [9.17, 15) is 4.79 Å². The summed E-state index contributed by atoms with van der Waals surface area (Å²) in [4.78, 5) is 19.7. The Morgan fingerprint density at radius 3 is 2.47 bits per heavy atom. The van der Waals surface area contributed by atoms with Gasteiger partial charge in [0.25, 0.3) is 5.56 Å². The SMILES string of the molecule is COCCN(CCOC)c1nc[nH]c(=O)c1N. The number of anilines is 2. The van der Waals surface area contributed by atoms with E-state index in [2.05, 4.69) is 9.97 Å². The fourth-order valence-electron chi connectivity index (χ4n) is 1.38. The highest BCUT2D eigenvalue weighted by Crippen LogP contribution is 2.14. The Balaban J connectivity index is 2.86. The lowest BCUT2D eigenvalue weighted by Gasteiger charge is -2.23. The molecule has 0 aliphatic rings. The molecule has 0 aliphatic heterocycles. The number of aromatic nitrogens is 2. The molecule has 0 spiro atoms. The van der Waals surface area contributed by atoms with Gasteiger partial charge in [-0.2, -0.15) is 0 Å². The van der Waals surface area contributed by atoms with Gasteiger partial charge in [-0.25, -0.2) is 4.98 Å². The average Bonchev–Trinajstić information content (AvgIpc) is 2.34. The molecule has 0 aliphatic carbocycles. The molecule has 1 aromatic rings. The van der Waals surface area contributed by atoms with E-state index in [1.54, 1.807) is 14.2 Å². The predicted molar refractivity (Wildman–Crippen MR) is 65.2 cm³/mol. The summed E-state index contributed by atoms with van der Waals surface area (Å²) in [5.41, 5.74) is 5.47. The number of nitrogens with one attached hydrogen (secondary N) is 1. The fraction of sp³-hybridized carbons (Fsp3) is 0.600. The van der Waals surface area contributed by atoms with Crippen LogP contribution < -0.4 is 16.2 Å². The highest BCUT2D eigenvalue weighted by atomic mass is 16.5. The molecule has 0 atom stereocenters. The van der Waals surface area contributed by atoms with Crippen LogP contribution in [0.1, 0.15) is 0 Å². The van der Waals surface area contributed by atoms with Gasteiger partial charge in [-0.15, -0.1) is 0 Å². The molecule has 3 N–H and O–H groups in total. The summed E-state index contributed by atoms with van der Waals surface area (Å²) in [6.45, 7) is 2.25. The molecule has 1 heterocycles. The van der Waals surface area contributed by atoms with Gasteiger partial charge in [-0.05, 0) is 0 Å². The number of rotatable bonds is 7. The van der Waals surface area contributed by atoms with E-state index in [-0.39, 0.29) is 11.2 Å². The number of H-pyrrole nitrogens is 1. The molecule has 0 radical (unpaired) electrons. The van der Waals surface area contributed by atoms with Crippen molar-refractivity contribution in [3.63, 3.8) is 0 Å². The van der Waals surface area contributed by atoms with Gasteiger partial charge in [0.1, 0.15) is 5.69 Å². The standard InChI is InChI=1S/C10H18N4O3/c1-16-5-3-14(4-6-17-2)9-8(11)10(15)13-7-12-9/h7H,3-6,11H2,1-2H3,(H,12,13,15). The molecule has 0 fully saturated rings. The molecule has 0 saturated heterocycles. The van der Waals surface area contributed by atoms with Crippen LogP contribution in [0.5, 0.6) is 0 Å². The van der Waals surface area contributed by atoms with Crippen molar-refractivity contribution in [2.24, 2.45) is 0 Å². The molecule has 17 heavy (non-hydrogen) atoms. The Morgan fingerprint density at radius 1 is 1.35 bits per heavy atom. The molecule has 0 aromatic carbocycles. The Morgan fingerprint density at radius 2 is 1.94 bits per heavy atom. The van der Waals surface area contributed by atoms with E-state index >= 15 is 0 Å². The molecule has 7 heteroatoms. The second-order valence-electron chi connectivity index (χ2n) is 3.44. The van der Waals surface area contributed by atoms with E-state index in [4.69, 9.17) is 15.2 Å². The normalized spacial score (nSPS) is 10.5. The van der Waals surface area contributed by atoms with Crippen LogP contribution in [0.2, 0.25) is 0 Å². The largest absolute Gasteiger partial charge is 0.391 e. The third-order valence-corrected chi connectivity index (χ3v) is 2.30. The van der Waals surface area contributed by atoms with Gasteiger partial charge >= 0.3 is 0 Å². The minimum Gasteiger partial charge on any atom is -0.391 e. The summed E-state index contributed by atoms with van der Waals surface area (Å²) in [5.74, 6) is 0.461. The van der Waals surface area contributed by atoms with E-state index in [0.717, 1.165) is 0 Å². The summed E-state index contributed by atoms with van der Waals surface area (Å²) < 4.78 is 10.0. The third kappa shape index (κ3) is 3.72. The van der Waals surface area contributed by atoms with Crippen molar-refractivity contribution in [1.29, 1.82) is 0 Å². The lowest BCUT2D eigenvalue weighted by Crippen LogP contribution is -2.33. The lowest BCUT2D eigenvalue weighted by molar-refractivity contribution is 0.190. The van der Waals surface area contributed by atoms with Crippen LogP contribution in [0.4, 0.5) is 11.5 Å². The van der Waals surface area contributed by atoms with Gasteiger partial charge in [0.05, 0.1) is 19.5 Å². The van der Waals surface area contributed by atoms with Gasteiger partial charge in [0, 0.05) is 27.3 Å². The van der Waals surface area contributed by atoms with Crippen molar-refractivity contribution in [3.8, 4) is 0 Å². The first-order valence-electron chi connectivity index (χ1n) is 5.26. The Kier molecular flexibility index (Phi) is 5.44. The minimum absolute atomic E-state index is 0.111. The molecule has 0 amide bonds. The topological polar surface area (TPSA) is 93.5 Å². The van der Waals surface area contributed by atoms with Gasteiger partial charge in [0.2, 0.25) is 0 Å². The van der Waals surface area contributed by atoms with Crippen molar-refractivity contribution in [1.82, 2.24) is 9.97 Å². The highest BCUT2D eigenvalue weighted by molar-refractivity contribution is 5.60. The zero-order valence-electron chi connectivity index (χ0n) is 10.1. The van der Waals surface area contributed by atoms with E-state index in [1.807, 2.05) is 4.90 Å². The molecule has 96 valence electrons. The monoisotopic (exact) mass is 242 g/mol. The predicted octanol–water partition coefficient (Wildman–Crippen LogP) is -0.549. The fourth-order valence-corrected chi connectivity index (χ4v) is 1.38. The second kappa shape index (κ2) is 6.87. The van der Waals surface area contributed by atoms with Crippen LogP contribution >= 0.6 is 0 Å². The van der Waals surface area contributed by atoms with Crippen molar-refractivity contribution >= 4 is 11.5 Å². The van der Waals surface area contributed by atoms with Crippen LogP contribution in [0, 0.1) is 0 Å². The number of hydrogen-bond acceptors (Lipinski definition) is 6. The van der Waals surface area contributed by atoms with Crippen LogP contribution in [0.15, 0.2) is 11.1 Å². The Hall–Kier alpha value is -1.60. The smallest absolute Gasteiger partial charge is 0.276 e. The lowest BCUT2D eigenvalue weighted by atomic mass is 10.4. The van der Waals surface area contributed by atoms with Crippen LogP contribution in [0.25, 0.3) is 0 Å². The second-order valence-corrected chi connectivity index (χ2v) is 3.44. The molecule has 0 bridgehead atoms. The molecule has 1 aromatic heterocycles.